The Hall–Kier alpha value is -0.940. The van der Waals surface area contributed by atoms with Gasteiger partial charge in [-0.15, -0.1) is 0 Å². The second kappa shape index (κ2) is 7.40. The lowest BCUT2D eigenvalue weighted by Gasteiger charge is -2.06. The first kappa shape index (κ1) is 14.1. The molecule has 5 heteroatoms. The molecule has 0 aliphatic rings. The van der Waals surface area contributed by atoms with Crippen LogP contribution in [0.2, 0.25) is 0 Å². The molecule has 1 amide bonds. The number of hydrogen-bond acceptors (Lipinski definition) is 2. The highest BCUT2D eigenvalue weighted by Crippen LogP contribution is 2.16. The highest BCUT2D eigenvalue weighted by Gasteiger charge is 2.01. The molecular weight excluding hydrogens is 287 g/mol. The van der Waals surface area contributed by atoms with Crippen LogP contribution in [0.1, 0.15) is 18.9 Å². The van der Waals surface area contributed by atoms with E-state index in [2.05, 4.69) is 26.6 Å². The number of carbonyl (C=O) groups excluding carboxylic acids is 1. The summed E-state index contributed by atoms with van der Waals surface area (Å²) < 4.78 is 13.6. The van der Waals surface area contributed by atoms with Crippen molar-refractivity contribution in [2.75, 3.05) is 13.1 Å². The van der Waals surface area contributed by atoms with Crippen LogP contribution >= 0.6 is 15.9 Å². The lowest BCUT2D eigenvalue weighted by atomic mass is 10.2. The summed E-state index contributed by atoms with van der Waals surface area (Å²) in [5.74, 6) is -0.241. The SMILES string of the molecule is CCNC(=O)CCNCc1ccc(Br)c(F)c1. The van der Waals surface area contributed by atoms with Gasteiger partial charge in [-0.25, -0.2) is 4.39 Å². The predicted molar refractivity (Wildman–Crippen MR) is 69.1 cm³/mol. The molecule has 1 aromatic carbocycles. The number of nitrogens with one attached hydrogen (secondary N) is 2. The smallest absolute Gasteiger partial charge is 0.221 e. The second-order valence-corrected chi connectivity index (χ2v) is 4.48. The Balaban J connectivity index is 2.26. The van der Waals surface area contributed by atoms with E-state index >= 15 is 0 Å². The zero-order chi connectivity index (χ0) is 12.7. The third-order valence-electron chi connectivity index (χ3n) is 2.22. The molecule has 0 bridgehead atoms. The van der Waals surface area contributed by atoms with Crippen LogP contribution in [0.4, 0.5) is 4.39 Å². The van der Waals surface area contributed by atoms with Crippen LogP contribution < -0.4 is 10.6 Å². The lowest BCUT2D eigenvalue weighted by Crippen LogP contribution is -2.27. The molecule has 0 radical (unpaired) electrons. The van der Waals surface area contributed by atoms with Crippen LogP contribution in [0.25, 0.3) is 0 Å². The Morgan fingerprint density at radius 2 is 2.24 bits per heavy atom. The van der Waals surface area contributed by atoms with Crippen LogP contribution in [0, 0.1) is 5.82 Å². The summed E-state index contributed by atoms with van der Waals surface area (Å²) in [6.45, 7) is 3.68. The highest BCUT2D eigenvalue weighted by molar-refractivity contribution is 9.10. The first-order chi connectivity index (χ1) is 8.13. The molecule has 2 N–H and O–H groups in total. The normalized spacial score (nSPS) is 10.3. The fourth-order valence-corrected chi connectivity index (χ4v) is 1.62. The van der Waals surface area contributed by atoms with Crippen molar-refractivity contribution in [3.63, 3.8) is 0 Å². The van der Waals surface area contributed by atoms with E-state index in [9.17, 15) is 9.18 Å². The zero-order valence-electron chi connectivity index (χ0n) is 9.72. The van der Waals surface area contributed by atoms with Crippen LogP contribution in [0.3, 0.4) is 0 Å². The maximum absolute atomic E-state index is 13.2. The quantitative estimate of drug-likeness (QED) is 0.791. The predicted octanol–water partition coefficient (Wildman–Crippen LogP) is 2.20. The van der Waals surface area contributed by atoms with Crippen LogP contribution in [-0.2, 0) is 11.3 Å². The van der Waals surface area contributed by atoms with E-state index in [1.165, 1.54) is 6.07 Å². The van der Waals surface area contributed by atoms with Crippen molar-refractivity contribution >= 4 is 21.8 Å². The van der Waals surface area contributed by atoms with Gasteiger partial charge in [0, 0.05) is 26.1 Å². The van der Waals surface area contributed by atoms with Gasteiger partial charge >= 0.3 is 0 Å². The van der Waals surface area contributed by atoms with E-state index < -0.39 is 0 Å². The number of amides is 1. The minimum atomic E-state index is -0.270. The van der Waals surface area contributed by atoms with Crippen molar-refractivity contribution in [2.45, 2.75) is 19.9 Å². The van der Waals surface area contributed by atoms with Gasteiger partial charge in [0.2, 0.25) is 5.91 Å². The van der Waals surface area contributed by atoms with E-state index in [-0.39, 0.29) is 11.7 Å². The van der Waals surface area contributed by atoms with Gasteiger partial charge in [-0.3, -0.25) is 4.79 Å². The van der Waals surface area contributed by atoms with Gasteiger partial charge in [0.1, 0.15) is 5.82 Å². The molecule has 0 saturated carbocycles. The topological polar surface area (TPSA) is 41.1 Å². The third-order valence-corrected chi connectivity index (χ3v) is 2.86. The number of benzene rings is 1. The lowest BCUT2D eigenvalue weighted by molar-refractivity contribution is -0.120. The summed E-state index contributed by atoms with van der Waals surface area (Å²) in [5.41, 5.74) is 0.863. The van der Waals surface area contributed by atoms with E-state index in [0.717, 1.165) is 5.56 Å². The summed E-state index contributed by atoms with van der Waals surface area (Å²) in [6.07, 6.45) is 0.437. The van der Waals surface area contributed by atoms with Gasteiger partial charge in [-0.05, 0) is 40.5 Å². The fourth-order valence-electron chi connectivity index (χ4n) is 1.37. The standard InChI is InChI=1S/C12H16BrFN2O/c1-2-16-12(17)5-6-15-8-9-3-4-10(13)11(14)7-9/h3-4,7,15H,2,5-6,8H2,1H3,(H,16,17). The van der Waals surface area contributed by atoms with Gasteiger partial charge in [-0.2, -0.15) is 0 Å². The van der Waals surface area contributed by atoms with E-state index in [0.29, 0.717) is 30.5 Å². The number of hydrogen-bond donors (Lipinski definition) is 2. The van der Waals surface area contributed by atoms with E-state index in [1.54, 1.807) is 6.07 Å². The molecule has 0 heterocycles. The first-order valence-electron chi connectivity index (χ1n) is 5.54. The molecule has 0 spiro atoms. The molecule has 0 aromatic heterocycles. The van der Waals surface area contributed by atoms with Gasteiger partial charge < -0.3 is 10.6 Å². The number of rotatable bonds is 6. The Morgan fingerprint density at radius 3 is 2.88 bits per heavy atom. The molecular formula is C12H16BrFN2O. The van der Waals surface area contributed by atoms with Crippen molar-refractivity contribution in [3.05, 3.63) is 34.1 Å². The second-order valence-electron chi connectivity index (χ2n) is 3.63. The fraction of sp³-hybridized carbons (Fsp3) is 0.417. The third kappa shape index (κ3) is 5.28. The average Bonchev–Trinajstić information content (AvgIpc) is 2.29. The van der Waals surface area contributed by atoms with Crippen molar-refractivity contribution < 1.29 is 9.18 Å². The molecule has 0 atom stereocenters. The number of carbonyl (C=O) groups is 1. The summed E-state index contributed by atoms with van der Waals surface area (Å²) in [4.78, 5) is 11.1. The van der Waals surface area contributed by atoms with Crippen molar-refractivity contribution in [1.29, 1.82) is 0 Å². The zero-order valence-corrected chi connectivity index (χ0v) is 11.3. The first-order valence-corrected chi connectivity index (χ1v) is 6.34. The molecule has 3 nitrogen and oxygen atoms in total. The average molecular weight is 303 g/mol. The van der Waals surface area contributed by atoms with Crippen molar-refractivity contribution in [3.8, 4) is 0 Å². The minimum absolute atomic E-state index is 0.0296. The summed E-state index contributed by atoms with van der Waals surface area (Å²) in [5, 5.41) is 5.81. The summed E-state index contributed by atoms with van der Waals surface area (Å²) in [6, 6.07) is 4.99. The van der Waals surface area contributed by atoms with E-state index in [4.69, 9.17) is 0 Å². The molecule has 0 unspecified atom stereocenters. The molecule has 1 aromatic rings. The Labute approximate surface area is 109 Å². The van der Waals surface area contributed by atoms with Crippen LogP contribution in [0.15, 0.2) is 22.7 Å². The van der Waals surface area contributed by atoms with E-state index in [1.807, 2.05) is 13.0 Å². The van der Waals surface area contributed by atoms with Crippen LogP contribution in [-0.4, -0.2) is 19.0 Å². The maximum atomic E-state index is 13.2. The molecule has 1 rings (SSSR count). The summed E-state index contributed by atoms with van der Waals surface area (Å²) in [7, 11) is 0. The minimum Gasteiger partial charge on any atom is -0.356 e. The molecule has 17 heavy (non-hydrogen) atoms. The number of halogens is 2. The highest BCUT2D eigenvalue weighted by atomic mass is 79.9. The Morgan fingerprint density at radius 1 is 1.47 bits per heavy atom. The van der Waals surface area contributed by atoms with Gasteiger partial charge in [0.25, 0.3) is 0 Å². The van der Waals surface area contributed by atoms with Crippen LogP contribution in [0.5, 0.6) is 0 Å². The molecule has 0 aliphatic heterocycles. The maximum Gasteiger partial charge on any atom is 0.221 e. The van der Waals surface area contributed by atoms with Gasteiger partial charge in [0.05, 0.1) is 4.47 Å². The van der Waals surface area contributed by atoms with Gasteiger partial charge in [0.15, 0.2) is 0 Å². The Bertz CT molecular complexity index is 385. The molecule has 0 aliphatic carbocycles. The van der Waals surface area contributed by atoms with Crippen molar-refractivity contribution in [1.82, 2.24) is 10.6 Å². The van der Waals surface area contributed by atoms with Crippen molar-refractivity contribution in [2.24, 2.45) is 0 Å². The van der Waals surface area contributed by atoms with Gasteiger partial charge in [-0.1, -0.05) is 6.07 Å². The largest absolute Gasteiger partial charge is 0.356 e. The molecule has 0 fully saturated rings. The summed E-state index contributed by atoms with van der Waals surface area (Å²) >= 11 is 3.10. The Kier molecular flexibility index (Phi) is 6.15. The molecule has 0 saturated heterocycles. The monoisotopic (exact) mass is 302 g/mol. The molecule has 94 valence electrons.